The number of rotatable bonds is 11. The molecule has 8 aromatic rings. The van der Waals surface area contributed by atoms with Crippen LogP contribution in [0.25, 0.3) is 44.1 Å². The van der Waals surface area contributed by atoms with Crippen molar-refractivity contribution < 1.29 is 38.1 Å². The summed E-state index contributed by atoms with van der Waals surface area (Å²) in [4.78, 5) is 46.7. The number of carboxylic acids is 1. The van der Waals surface area contributed by atoms with Gasteiger partial charge in [-0.3, -0.25) is 20.2 Å². The number of non-ortho nitro benzene ring substituents is 2. The summed E-state index contributed by atoms with van der Waals surface area (Å²) in [6.07, 6.45) is 0. The van der Waals surface area contributed by atoms with Gasteiger partial charge in [-0.1, -0.05) is 83.9 Å². The number of halogens is 4. The number of carboxylic acid groups (broad SMARTS) is 1. The van der Waals surface area contributed by atoms with Crippen LogP contribution in [0, 0.1) is 31.9 Å². The molecule has 0 saturated heterocycles. The Labute approximate surface area is 361 Å². The van der Waals surface area contributed by atoms with Crippen molar-refractivity contribution in [3.63, 3.8) is 0 Å². The smallest absolute Gasteiger partial charge is 0.355 e. The standard InChI is InChI=1S/C24H18ClFN2O4.C22H14ClFN2O4/c1-2-32-24(29)23-22(18-8-3-4-9-20(18)26)19-13-16(25)10-11-21(19)27(23)14-15-6-5-7-17(12-15)28(30)31;23-14-8-9-19-17(11-14)20(16-6-1-2-7-18(16)24)21(22(27)28)25(19)12-13-4-3-5-15(10-13)26(29)30/h3-13H,2,14H2,1H3;1-11H,12H2,(H,27,28). The fourth-order valence-electron chi connectivity index (χ4n) is 7.39. The highest BCUT2D eigenvalue weighted by Gasteiger charge is 2.28. The van der Waals surface area contributed by atoms with Crippen molar-refractivity contribution in [3.05, 3.63) is 198 Å². The SMILES string of the molecule is CCOC(=O)c1c(-c2ccccc2F)c2cc(Cl)ccc2n1Cc1cccc([N+](=O)[O-])c1.O=C(O)c1c(-c2ccccc2F)c2cc(Cl)ccc2n1Cc1cccc([N+](=O)[O-])c1. The van der Waals surface area contributed by atoms with Crippen LogP contribution >= 0.6 is 23.2 Å². The summed E-state index contributed by atoms with van der Waals surface area (Å²) in [5.41, 5.74) is 3.13. The summed E-state index contributed by atoms with van der Waals surface area (Å²) in [5.74, 6) is -2.92. The number of nitro groups is 2. The Balaban J connectivity index is 0.000000187. The molecule has 0 spiro atoms. The Morgan fingerprint density at radius 3 is 1.48 bits per heavy atom. The summed E-state index contributed by atoms with van der Waals surface area (Å²) < 4.78 is 38.0. The molecule has 0 unspecified atom stereocenters. The van der Waals surface area contributed by atoms with Crippen molar-refractivity contribution in [1.29, 1.82) is 0 Å². The maximum absolute atomic E-state index is 14.8. The number of fused-ring (bicyclic) bond motifs is 2. The van der Waals surface area contributed by atoms with Crippen LogP contribution in [0.4, 0.5) is 20.2 Å². The van der Waals surface area contributed by atoms with Crippen molar-refractivity contribution in [2.45, 2.75) is 20.0 Å². The summed E-state index contributed by atoms with van der Waals surface area (Å²) >= 11 is 12.4. The predicted molar refractivity (Wildman–Crippen MR) is 232 cm³/mol. The molecule has 0 saturated carbocycles. The Bertz CT molecular complexity index is 3080. The quantitative estimate of drug-likeness (QED) is 0.0763. The van der Waals surface area contributed by atoms with E-state index in [4.69, 9.17) is 27.9 Å². The number of aromatic nitrogens is 2. The molecule has 0 radical (unpaired) electrons. The zero-order valence-corrected chi connectivity index (χ0v) is 33.9. The largest absolute Gasteiger partial charge is 0.477 e. The lowest BCUT2D eigenvalue weighted by atomic mass is 10.0. The van der Waals surface area contributed by atoms with Gasteiger partial charge in [0.25, 0.3) is 11.4 Å². The van der Waals surface area contributed by atoms with Gasteiger partial charge >= 0.3 is 11.9 Å². The first kappa shape index (κ1) is 42.7. The zero-order valence-electron chi connectivity index (χ0n) is 32.4. The summed E-state index contributed by atoms with van der Waals surface area (Å²) in [6.45, 7) is 2.01. The third-order valence-corrected chi connectivity index (χ3v) is 10.4. The van der Waals surface area contributed by atoms with Gasteiger partial charge in [0.1, 0.15) is 23.0 Å². The van der Waals surface area contributed by atoms with E-state index in [9.17, 15) is 43.7 Å². The minimum absolute atomic E-state index is 0.0515. The maximum Gasteiger partial charge on any atom is 0.355 e. The number of nitrogens with zero attached hydrogens (tertiary/aromatic N) is 4. The maximum atomic E-state index is 14.8. The number of hydrogen-bond acceptors (Lipinski definition) is 7. The molecule has 312 valence electrons. The van der Waals surface area contributed by atoms with Crippen molar-refractivity contribution in [2.24, 2.45) is 0 Å². The first-order chi connectivity index (χ1) is 29.8. The molecule has 0 aliphatic rings. The van der Waals surface area contributed by atoms with E-state index in [0.29, 0.717) is 48.5 Å². The predicted octanol–water partition coefficient (Wildman–Crippen LogP) is 12.0. The molecule has 0 amide bonds. The number of esters is 1. The molecule has 0 aliphatic carbocycles. The third kappa shape index (κ3) is 8.59. The molecule has 62 heavy (non-hydrogen) atoms. The van der Waals surface area contributed by atoms with Crippen molar-refractivity contribution in [2.75, 3.05) is 6.61 Å². The van der Waals surface area contributed by atoms with Gasteiger partial charge in [-0.15, -0.1) is 0 Å². The monoisotopic (exact) mass is 876 g/mol. The van der Waals surface area contributed by atoms with Gasteiger partial charge in [0.2, 0.25) is 0 Å². The van der Waals surface area contributed by atoms with Gasteiger partial charge in [-0.05, 0) is 66.6 Å². The van der Waals surface area contributed by atoms with Crippen LogP contribution in [0.5, 0.6) is 0 Å². The number of hydrogen-bond donors (Lipinski definition) is 1. The minimum atomic E-state index is -1.24. The van der Waals surface area contributed by atoms with Crippen LogP contribution in [-0.2, 0) is 17.8 Å². The molecule has 0 bridgehead atoms. The van der Waals surface area contributed by atoms with Crippen molar-refractivity contribution >= 4 is 68.3 Å². The molecule has 0 fully saturated rings. The second-order valence-electron chi connectivity index (χ2n) is 13.8. The molecule has 2 heterocycles. The highest BCUT2D eigenvalue weighted by molar-refractivity contribution is 6.32. The van der Waals surface area contributed by atoms with Crippen LogP contribution in [0.1, 0.15) is 39.0 Å². The van der Waals surface area contributed by atoms with Crippen molar-refractivity contribution in [3.8, 4) is 22.3 Å². The van der Waals surface area contributed by atoms with Gasteiger partial charge in [-0.2, -0.15) is 0 Å². The second-order valence-corrected chi connectivity index (χ2v) is 14.7. The highest BCUT2D eigenvalue weighted by Crippen LogP contribution is 2.40. The Morgan fingerprint density at radius 2 is 1.06 bits per heavy atom. The number of aromatic carboxylic acids is 1. The fourth-order valence-corrected chi connectivity index (χ4v) is 7.74. The average Bonchev–Trinajstić information content (AvgIpc) is 3.72. The van der Waals surface area contributed by atoms with E-state index in [1.54, 1.807) is 90.4 Å². The molecule has 6 aromatic carbocycles. The molecule has 0 aliphatic heterocycles. The highest BCUT2D eigenvalue weighted by atomic mass is 35.5. The number of carbonyl (C=O) groups is 2. The molecule has 12 nitrogen and oxygen atoms in total. The lowest BCUT2D eigenvalue weighted by Crippen LogP contribution is -2.14. The molecular formula is C46H32Cl2F2N4O8. The van der Waals surface area contributed by atoms with E-state index < -0.39 is 33.4 Å². The van der Waals surface area contributed by atoms with Gasteiger partial charge in [-0.25, -0.2) is 18.4 Å². The molecular weight excluding hydrogens is 845 g/mol. The molecule has 1 N–H and O–H groups in total. The molecule has 8 rings (SSSR count). The van der Waals surface area contributed by atoms with E-state index in [1.807, 2.05) is 0 Å². The molecule has 2 aromatic heterocycles. The van der Waals surface area contributed by atoms with E-state index >= 15 is 0 Å². The van der Waals surface area contributed by atoms with Crippen LogP contribution in [0.3, 0.4) is 0 Å². The third-order valence-electron chi connectivity index (χ3n) is 9.93. The number of carbonyl (C=O) groups excluding carboxylic acids is 1. The number of ether oxygens (including phenoxy) is 1. The van der Waals surface area contributed by atoms with Gasteiger partial charge in [0, 0.05) is 91.5 Å². The van der Waals surface area contributed by atoms with Gasteiger partial charge in [0.15, 0.2) is 0 Å². The number of nitro benzene ring substituents is 2. The van der Waals surface area contributed by atoms with Crippen LogP contribution in [-0.4, -0.2) is 42.6 Å². The van der Waals surface area contributed by atoms with E-state index in [1.165, 1.54) is 59.2 Å². The molecule has 16 heteroatoms. The first-order valence-corrected chi connectivity index (χ1v) is 19.5. The van der Waals surface area contributed by atoms with Crippen molar-refractivity contribution in [1.82, 2.24) is 9.13 Å². The average molecular weight is 878 g/mol. The normalized spacial score (nSPS) is 11.0. The topological polar surface area (TPSA) is 160 Å². The summed E-state index contributed by atoms with van der Waals surface area (Å²) in [5, 5.41) is 34.2. The van der Waals surface area contributed by atoms with E-state index in [0.717, 1.165) is 0 Å². The van der Waals surface area contributed by atoms with Crippen LogP contribution in [0.2, 0.25) is 10.0 Å². The fraction of sp³-hybridized carbons (Fsp3) is 0.0870. The van der Waals surface area contributed by atoms with Gasteiger partial charge < -0.3 is 19.0 Å². The number of benzene rings is 6. The Morgan fingerprint density at radius 1 is 0.629 bits per heavy atom. The minimum Gasteiger partial charge on any atom is -0.477 e. The Kier molecular flexibility index (Phi) is 12.4. The second kappa shape index (κ2) is 18.1. The lowest BCUT2D eigenvalue weighted by molar-refractivity contribution is -0.385. The Hall–Kier alpha value is -7.42. The van der Waals surface area contributed by atoms with Gasteiger partial charge in [0.05, 0.1) is 16.5 Å². The summed E-state index contributed by atoms with van der Waals surface area (Å²) in [7, 11) is 0. The van der Waals surface area contributed by atoms with E-state index in [-0.39, 0.29) is 59.1 Å². The zero-order chi connectivity index (χ0) is 44.2. The van der Waals surface area contributed by atoms with E-state index in [2.05, 4.69) is 0 Å². The molecule has 0 atom stereocenters. The first-order valence-electron chi connectivity index (χ1n) is 18.8. The lowest BCUT2D eigenvalue weighted by Gasteiger charge is -2.12. The van der Waals surface area contributed by atoms with Crippen LogP contribution < -0.4 is 0 Å². The summed E-state index contributed by atoms with van der Waals surface area (Å²) in [6, 6.07) is 34.1. The van der Waals surface area contributed by atoms with Crippen LogP contribution in [0.15, 0.2) is 133 Å².